The van der Waals surface area contributed by atoms with E-state index in [1.165, 1.54) is 0 Å². The summed E-state index contributed by atoms with van der Waals surface area (Å²) in [6, 6.07) is 14.9. The molecule has 152 valence electrons. The van der Waals surface area contributed by atoms with Gasteiger partial charge in [-0.05, 0) is 30.7 Å². The number of benzene rings is 2. The van der Waals surface area contributed by atoms with Gasteiger partial charge in [0.05, 0.1) is 10.7 Å². The maximum absolute atomic E-state index is 12.7. The number of nitrogens with two attached hydrogens (primary N) is 1. The highest BCUT2D eigenvalue weighted by atomic mass is 35.5. The van der Waals surface area contributed by atoms with Crippen LogP contribution >= 0.6 is 23.2 Å². The van der Waals surface area contributed by atoms with Gasteiger partial charge in [-0.15, -0.1) is 0 Å². The summed E-state index contributed by atoms with van der Waals surface area (Å²) in [4.78, 5) is 21.7. The van der Waals surface area contributed by atoms with E-state index in [0.717, 1.165) is 28.1 Å². The van der Waals surface area contributed by atoms with Gasteiger partial charge < -0.3 is 11.1 Å². The third-order valence-corrected chi connectivity index (χ3v) is 5.39. The molecule has 0 radical (unpaired) electrons. The number of halogens is 2. The first-order valence-corrected chi connectivity index (χ1v) is 10.1. The third kappa shape index (κ3) is 3.89. The molecule has 30 heavy (non-hydrogen) atoms. The average Bonchev–Trinajstić information content (AvgIpc) is 3.16. The molecule has 6 nitrogen and oxygen atoms in total. The van der Waals surface area contributed by atoms with Crippen LogP contribution in [-0.4, -0.2) is 20.3 Å². The summed E-state index contributed by atoms with van der Waals surface area (Å²) >= 11 is 12.5. The summed E-state index contributed by atoms with van der Waals surface area (Å²) in [5, 5.41) is 3.90. The molecule has 0 atom stereocenters. The van der Waals surface area contributed by atoms with Crippen molar-refractivity contribution in [2.75, 3.05) is 0 Å². The first-order chi connectivity index (χ1) is 14.5. The predicted octanol–water partition coefficient (Wildman–Crippen LogP) is 4.40. The monoisotopic (exact) mass is 439 g/mol. The lowest BCUT2D eigenvalue weighted by molar-refractivity contribution is 0.0946. The highest BCUT2D eigenvalue weighted by molar-refractivity contribution is 6.36. The largest absolute Gasteiger partial charge is 0.347 e. The molecule has 0 fully saturated rings. The molecule has 0 bridgehead atoms. The number of imidazole rings is 1. The van der Waals surface area contributed by atoms with E-state index in [0.29, 0.717) is 22.4 Å². The highest BCUT2D eigenvalue weighted by Crippen LogP contribution is 2.34. The van der Waals surface area contributed by atoms with Crippen molar-refractivity contribution in [2.24, 2.45) is 5.73 Å². The van der Waals surface area contributed by atoms with Crippen LogP contribution in [0.15, 0.2) is 54.7 Å². The van der Waals surface area contributed by atoms with Gasteiger partial charge in [0.1, 0.15) is 5.69 Å². The van der Waals surface area contributed by atoms with Gasteiger partial charge in [-0.25, -0.2) is 9.97 Å². The Balaban J connectivity index is 1.77. The molecule has 0 saturated heterocycles. The Bertz CT molecular complexity index is 1240. The van der Waals surface area contributed by atoms with Gasteiger partial charge in [-0.3, -0.25) is 9.20 Å². The maximum atomic E-state index is 12.7. The molecule has 0 spiro atoms. The molecule has 0 aliphatic rings. The SMILES string of the molecule is Cc1nc2nc(C(=O)NCc3ccccc3)cn2c(-c2ccc(Cl)cc2Cl)c1CN. The Kier molecular flexibility index (Phi) is 5.72. The van der Waals surface area contributed by atoms with E-state index < -0.39 is 0 Å². The lowest BCUT2D eigenvalue weighted by Gasteiger charge is -2.14. The second-order valence-electron chi connectivity index (χ2n) is 6.82. The van der Waals surface area contributed by atoms with Gasteiger partial charge >= 0.3 is 0 Å². The molecule has 2 heterocycles. The summed E-state index contributed by atoms with van der Waals surface area (Å²) in [5.41, 5.74) is 10.3. The fourth-order valence-corrected chi connectivity index (χ4v) is 3.84. The Morgan fingerprint density at radius 3 is 2.60 bits per heavy atom. The van der Waals surface area contributed by atoms with E-state index >= 15 is 0 Å². The van der Waals surface area contributed by atoms with Crippen LogP contribution in [0.2, 0.25) is 10.0 Å². The summed E-state index contributed by atoms with van der Waals surface area (Å²) in [7, 11) is 0. The fourth-order valence-electron chi connectivity index (χ4n) is 3.34. The fraction of sp³-hybridized carbons (Fsp3) is 0.136. The quantitative estimate of drug-likeness (QED) is 0.482. The first kappa shape index (κ1) is 20.3. The summed E-state index contributed by atoms with van der Waals surface area (Å²) in [6.07, 6.45) is 1.65. The van der Waals surface area contributed by atoms with Crippen LogP contribution in [0.1, 0.15) is 27.3 Å². The van der Waals surface area contributed by atoms with Crippen molar-refractivity contribution in [1.29, 1.82) is 0 Å². The van der Waals surface area contributed by atoms with Gasteiger partial charge in [0.2, 0.25) is 5.78 Å². The Morgan fingerprint density at radius 2 is 1.90 bits per heavy atom. The molecule has 4 aromatic rings. The molecule has 3 N–H and O–H groups in total. The Hall–Kier alpha value is -2.93. The molecule has 2 aromatic carbocycles. The second-order valence-corrected chi connectivity index (χ2v) is 7.66. The van der Waals surface area contributed by atoms with Crippen molar-refractivity contribution >= 4 is 34.9 Å². The first-order valence-electron chi connectivity index (χ1n) is 9.34. The van der Waals surface area contributed by atoms with E-state index in [4.69, 9.17) is 28.9 Å². The van der Waals surface area contributed by atoms with Crippen molar-refractivity contribution < 1.29 is 4.79 Å². The third-order valence-electron chi connectivity index (χ3n) is 4.84. The zero-order valence-corrected chi connectivity index (χ0v) is 17.7. The molecule has 1 amide bonds. The second kappa shape index (κ2) is 8.44. The molecule has 4 rings (SSSR count). The number of fused-ring (bicyclic) bond motifs is 1. The normalized spacial score (nSPS) is 11.1. The molecular formula is C22H19Cl2N5O. The molecule has 0 saturated carbocycles. The van der Waals surface area contributed by atoms with Crippen molar-refractivity contribution in [2.45, 2.75) is 20.0 Å². The van der Waals surface area contributed by atoms with Crippen LogP contribution in [-0.2, 0) is 13.1 Å². The number of amides is 1. The average molecular weight is 440 g/mol. The van der Waals surface area contributed by atoms with E-state index in [9.17, 15) is 4.79 Å². The minimum Gasteiger partial charge on any atom is -0.347 e. The molecule has 0 aliphatic heterocycles. The minimum absolute atomic E-state index is 0.261. The van der Waals surface area contributed by atoms with Crippen LogP contribution in [0, 0.1) is 6.92 Å². The van der Waals surface area contributed by atoms with Crippen molar-refractivity contribution in [3.63, 3.8) is 0 Å². The van der Waals surface area contributed by atoms with Gasteiger partial charge in [0, 0.05) is 41.1 Å². The van der Waals surface area contributed by atoms with Gasteiger partial charge in [-0.1, -0.05) is 53.5 Å². The number of nitrogens with one attached hydrogen (secondary N) is 1. The maximum Gasteiger partial charge on any atom is 0.271 e. The topological polar surface area (TPSA) is 85.3 Å². The van der Waals surface area contributed by atoms with Crippen molar-refractivity contribution in [3.05, 3.63) is 87.3 Å². The predicted molar refractivity (Wildman–Crippen MR) is 119 cm³/mol. The number of aryl methyl sites for hydroxylation is 1. The minimum atomic E-state index is -0.288. The summed E-state index contributed by atoms with van der Waals surface area (Å²) in [6.45, 7) is 2.53. The summed E-state index contributed by atoms with van der Waals surface area (Å²) in [5.74, 6) is 0.111. The van der Waals surface area contributed by atoms with Crippen LogP contribution in [0.25, 0.3) is 17.0 Å². The van der Waals surface area contributed by atoms with E-state index in [-0.39, 0.29) is 18.1 Å². The molecule has 8 heteroatoms. The van der Waals surface area contributed by atoms with Crippen LogP contribution in [0.5, 0.6) is 0 Å². The van der Waals surface area contributed by atoms with Crippen LogP contribution < -0.4 is 11.1 Å². The van der Waals surface area contributed by atoms with Crippen LogP contribution in [0.4, 0.5) is 0 Å². The highest BCUT2D eigenvalue weighted by Gasteiger charge is 2.20. The molecule has 0 aliphatic carbocycles. The lowest BCUT2D eigenvalue weighted by atomic mass is 10.0. The zero-order valence-electron chi connectivity index (χ0n) is 16.2. The van der Waals surface area contributed by atoms with Crippen molar-refractivity contribution in [1.82, 2.24) is 19.7 Å². The number of hydrogen-bond acceptors (Lipinski definition) is 4. The van der Waals surface area contributed by atoms with Gasteiger partial charge in [-0.2, -0.15) is 0 Å². The van der Waals surface area contributed by atoms with E-state index in [1.54, 1.807) is 22.7 Å². The number of nitrogens with zero attached hydrogens (tertiary/aromatic N) is 3. The number of carbonyl (C=O) groups is 1. The van der Waals surface area contributed by atoms with Crippen molar-refractivity contribution in [3.8, 4) is 11.3 Å². The zero-order chi connectivity index (χ0) is 21.3. The Labute approximate surface area is 183 Å². The van der Waals surface area contributed by atoms with Gasteiger partial charge in [0.15, 0.2) is 0 Å². The van der Waals surface area contributed by atoms with Gasteiger partial charge in [0.25, 0.3) is 5.91 Å². The molecular weight excluding hydrogens is 421 g/mol. The number of aromatic nitrogens is 3. The number of carbonyl (C=O) groups excluding carboxylic acids is 1. The number of rotatable bonds is 5. The van der Waals surface area contributed by atoms with E-state index in [2.05, 4.69) is 15.3 Å². The lowest BCUT2D eigenvalue weighted by Crippen LogP contribution is -2.23. The number of hydrogen-bond donors (Lipinski definition) is 2. The smallest absolute Gasteiger partial charge is 0.271 e. The molecule has 0 unspecified atom stereocenters. The van der Waals surface area contributed by atoms with Crippen LogP contribution in [0.3, 0.4) is 0 Å². The molecule has 2 aromatic heterocycles. The van der Waals surface area contributed by atoms with E-state index in [1.807, 2.05) is 43.3 Å². The Morgan fingerprint density at radius 1 is 1.13 bits per heavy atom. The standard InChI is InChI=1S/C22H19Cl2N5O/c1-13-17(10-25)20(16-8-7-15(23)9-18(16)24)29-12-19(28-22(29)27-13)21(30)26-11-14-5-3-2-4-6-14/h2-9,12H,10-11,25H2,1H3,(H,26,30). The summed E-state index contributed by atoms with van der Waals surface area (Å²) < 4.78 is 1.75.